The van der Waals surface area contributed by atoms with Crippen molar-refractivity contribution in [3.8, 4) is 11.5 Å². The van der Waals surface area contributed by atoms with E-state index in [1.807, 2.05) is 66.2 Å². The molecule has 152 valence electrons. The highest BCUT2D eigenvalue weighted by atomic mass is 32.2. The van der Waals surface area contributed by atoms with Gasteiger partial charge in [0.2, 0.25) is 5.91 Å². The van der Waals surface area contributed by atoms with Crippen LogP contribution in [0, 0.1) is 0 Å². The Hall–Kier alpha value is -3.00. The molecule has 0 radical (unpaired) electrons. The number of hydrogen-bond donors (Lipinski definition) is 0. The van der Waals surface area contributed by atoms with E-state index in [9.17, 15) is 4.79 Å². The van der Waals surface area contributed by atoms with Crippen LogP contribution in [0.25, 0.3) is 0 Å². The molecule has 0 atom stereocenters. The Morgan fingerprint density at radius 3 is 2.45 bits per heavy atom. The minimum absolute atomic E-state index is 0.0397. The normalized spacial score (nSPS) is 10.6. The van der Waals surface area contributed by atoms with E-state index in [4.69, 9.17) is 9.47 Å². The molecule has 3 rings (SSSR count). The maximum Gasteiger partial charge on any atom is 0.233 e. The average Bonchev–Trinajstić information content (AvgIpc) is 3.11. The zero-order valence-electron chi connectivity index (χ0n) is 16.7. The van der Waals surface area contributed by atoms with E-state index in [0.29, 0.717) is 23.3 Å². The minimum Gasteiger partial charge on any atom is -0.497 e. The standard InChI is InChI=1S/C21H24N4O3S/c1-24(13-16-7-5-4-6-8-16)20(26)15-29-21-23-22-19(25(21)2)14-28-18-11-9-17(27-3)10-12-18/h4-12H,13-15H2,1-3H3. The molecule has 29 heavy (non-hydrogen) atoms. The predicted molar refractivity (Wildman–Crippen MR) is 112 cm³/mol. The molecular formula is C21H24N4O3S. The van der Waals surface area contributed by atoms with Crippen molar-refractivity contribution in [2.45, 2.75) is 18.3 Å². The number of aromatic nitrogens is 3. The number of nitrogens with zero attached hydrogens (tertiary/aromatic N) is 4. The van der Waals surface area contributed by atoms with Gasteiger partial charge in [0, 0.05) is 20.6 Å². The Labute approximate surface area is 174 Å². The van der Waals surface area contributed by atoms with Gasteiger partial charge < -0.3 is 18.9 Å². The summed E-state index contributed by atoms with van der Waals surface area (Å²) in [4.78, 5) is 14.1. The van der Waals surface area contributed by atoms with Crippen LogP contribution in [0.3, 0.4) is 0 Å². The Kier molecular flexibility index (Phi) is 7.13. The highest BCUT2D eigenvalue weighted by Gasteiger charge is 2.14. The van der Waals surface area contributed by atoms with E-state index in [1.165, 1.54) is 11.8 Å². The van der Waals surface area contributed by atoms with Crippen LogP contribution in [0.5, 0.6) is 11.5 Å². The van der Waals surface area contributed by atoms with Gasteiger partial charge in [0.15, 0.2) is 11.0 Å². The number of amides is 1. The number of carbonyl (C=O) groups is 1. The second-order valence-electron chi connectivity index (χ2n) is 6.45. The van der Waals surface area contributed by atoms with Crippen LogP contribution in [0.2, 0.25) is 0 Å². The first kappa shape index (κ1) is 20.7. The first-order valence-electron chi connectivity index (χ1n) is 9.12. The Balaban J connectivity index is 1.50. The van der Waals surface area contributed by atoms with Gasteiger partial charge in [0.1, 0.15) is 18.1 Å². The second-order valence-corrected chi connectivity index (χ2v) is 7.39. The predicted octanol–water partition coefficient (Wildman–Crippen LogP) is 3.15. The van der Waals surface area contributed by atoms with E-state index in [0.717, 1.165) is 17.1 Å². The maximum absolute atomic E-state index is 12.4. The fourth-order valence-corrected chi connectivity index (χ4v) is 3.47. The number of ether oxygens (including phenoxy) is 2. The fraction of sp³-hybridized carbons (Fsp3) is 0.286. The average molecular weight is 413 g/mol. The largest absolute Gasteiger partial charge is 0.497 e. The zero-order chi connectivity index (χ0) is 20.6. The summed E-state index contributed by atoms with van der Waals surface area (Å²) < 4.78 is 12.7. The van der Waals surface area contributed by atoms with Crippen LogP contribution in [0.15, 0.2) is 59.8 Å². The molecule has 0 aliphatic heterocycles. The first-order valence-corrected chi connectivity index (χ1v) is 10.1. The number of methoxy groups -OCH3 is 1. The number of carbonyl (C=O) groups excluding carboxylic acids is 1. The lowest BCUT2D eigenvalue weighted by Crippen LogP contribution is -2.27. The second kappa shape index (κ2) is 9.97. The van der Waals surface area contributed by atoms with Gasteiger partial charge in [0.25, 0.3) is 0 Å². The van der Waals surface area contributed by atoms with Crippen molar-refractivity contribution in [1.82, 2.24) is 19.7 Å². The van der Waals surface area contributed by atoms with Crippen LogP contribution in [-0.4, -0.2) is 45.5 Å². The van der Waals surface area contributed by atoms with Crippen molar-refractivity contribution >= 4 is 17.7 Å². The van der Waals surface area contributed by atoms with Gasteiger partial charge in [-0.15, -0.1) is 10.2 Å². The van der Waals surface area contributed by atoms with Crippen LogP contribution >= 0.6 is 11.8 Å². The topological polar surface area (TPSA) is 69.5 Å². The minimum atomic E-state index is 0.0397. The monoisotopic (exact) mass is 412 g/mol. The van der Waals surface area contributed by atoms with Crippen molar-refractivity contribution in [3.63, 3.8) is 0 Å². The molecular weight excluding hydrogens is 388 g/mol. The van der Waals surface area contributed by atoms with Gasteiger partial charge >= 0.3 is 0 Å². The highest BCUT2D eigenvalue weighted by Crippen LogP contribution is 2.20. The van der Waals surface area contributed by atoms with Crippen LogP contribution < -0.4 is 9.47 Å². The Bertz CT molecular complexity index is 929. The molecule has 0 aliphatic rings. The van der Waals surface area contributed by atoms with E-state index in [2.05, 4.69) is 10.2 Å². The molecule has 1 amide bonds. The third-order valence-electron chi connectivity index (χ3n) is 4.37. The Morgan fingerprint density at radius 2 is 1.76 bits per heavy atom. The van der Waals surface area contributed by atoms with Gasteiger partial charge in [-0.3, -0.25) is 4.79 Å². The third-order valence-corrected chi connectivity index (χ3v) is 5.37. The summed E-state index contributed by atoms with van der Waals surface area (Å²) >= 11 is 1.37. The van der Waals surface area contributed by atoms with Crippen molar-refractivity contribution in [2.24, 2.45) is 7.05 Å². The highest BCUT2D eigenvalue weighted by molar-refractivity contribution is 7.99. The molecule has 1 heterocycles. The van der Waals surface area contributed by atoms with Crippen molar-refractivity contribution in [2.75, 3.05) is 19.9 Å². The van der Waals surface area contributed by atoms with Crippen molar-refractivity contribution in [3.05, 3.63) is 66.0 Å². The summed E-state index contributed by atoms with van der Waals surface area (Å²) in [6.07, 6.45) is 0. The van der Waals surface area contributed by atoms with Crippen LogP contribution in [0.1, 0.15) is 11.4 Å². The molecule has 0 aliphatic carbocycles. The molecule has 0 unspecified atom stereocenters. The molecule has 3 aromatic rings. The summed E-state index contributed by atoms with van der Waals surface area (Å²) in [6, 6.07) is 17.3. The van der Waals surface area contributed by atoms with E-state index in [-0.39, 0.29) is 12.5 Å². The molecule has 0 bridgehead atoms. The molecule has 0 saturated carbocycles. The number of hydrogen-bond acceptors (Lipinski definition) is 6. The van der Waals surface area contributed by atoms with Crippen molar-refractivity contribution < 1.29 is 14.3 Å². The summed E-state index contributed by atoms with van der Waals surface area (Å²) in [7, 11) is 5.30. The van der Waals surface area contributed by atoms with Crippen LogP contribution in [0.4, 0.5) is 0 Å². The fourth-order valence-electron chi connectivity index (χ4n) is 2.60. The SMILES string of the molecule is COc1ccc(OCc2nnc(SCC(=O)N(C)Cc3ccccc3)n2C)cc1. The first-order chi connectivity index (χ1) is 14.1. The molecule has 7 nitrogen and oxygen atoms in total. The molecule has 0 N–H and O–H groups in total. The Morgan fingerprint density at radius 1 is 1.07 bits per heavy atom. The van der Waals surface area contributed by atoms with Gasteiger partial charge in [0.05, 0.1) is 12.9 Å². The van der Waals surface area contributed by atoms with Gasteiger partial charge in [-0.25, -0.2) is 0 Å². The van der Waals surface area contributed by atoms with E-state index >= 15 is 0 Å². The summed E-state index contributed by atoms with van der Waals surface area (Å²) in [5.41, 5.74) is 1.10. The number of benzene rings is 2. The molecule has 8 heteroatoms. The molecule has 0 fully saturated rings. The number of thioether (sulfide) groups is 1. The lowest BCUT2D eigenvalue weighted by atomic mass is 10.2. The summed E-state index contributed by atoms with van der Waals surface area (Å²) in [5.74, 6) is 2.53. The molecule has 2 aromatic carbocycles. The quantitative estimate of drug-likeness (QED) is 0.503. The molecule has 0 saturated heterocycles. The van der Waals surface area contributed by atoms with E-state index < -0.39 is 0 Å². The van der Waals surface area contributed by atoms with Gasteiger partial charge in [-0.05, 0) is 29.8 Å². The van der Waals surface area contributed by atoms with Gasteiger partial charge in [-0.2, -0.15) is 0 Å². The van der Waals surface area contributed by atoms with Gasteiger partial charge in [-0.1, -0.05) is 42.1 Å². The smallest absolute Gasteiger partial charge is 0.233 e. The summed E-state index contributed by atoms with van der Waals surface area (Å²) in [6.45, 7) is 0.873. The third kappa shape index (κ3) is 5.74. The zero-order valence-corrected chi connectivity index (χ0v) is 17.6. The van der Waals surface area contributed by atoms with Crippen LogP contribution in [-0.2, 0) is 25.0 Å². The maximum atomic E-state index is 12.4. The van der Waals surface area contributed by atoms with Crippen molar-refractivity contribution in [1.29, 1.82) is 0 Å². The van der Waals surface area contributed by atoms with E-state index in [1.54, 1.807) is 19.1 Å². The number of rotatable bonds is 9. The molecule has 0 spiro atoms. The summed E-state index contributed by atoms with van der Waals surface area (Å²) in [5, 5.41) is 9.03. The molecule has 1 aromatic heterocycles. The lowest BCUT2D eigenvalue weighted by molar-refractivity contribution is -0.127. The lowest BCUT2D eigenvalue weighted by Gasteiger charge is -2.16.